The van der Waals surface area contributed by atoms with E-state index in [2.05, 4.69) is 0 Å². The summed E-state index contributed by atoms with van der Waals surface area (Å²) < 4.78 is 41.4. The molecule has 3 rings (SSSR count). The van der Waals surface area contributed by atoms with Crippen LogP contribution < -0.4 is 5.73 Å². The fourth-order valence-electron chi connectivity index (χ4n) is 8.94. The number of hydrogen-bond donors (Lipinski definition) is 6. The van der Waals surface area contributed by atoms with Gasteiger partial charge in [-0.2, -0.15) is 0 Å². The molecule has 0 aromatic rings. The van der Waals surface area contributed by atoms with E-state index >= 15 is 0 Å². The molecule has 3 aliphatic heterocycles. The molecule has 0 aliphatic carbocycles. The third-order valence-electron chi connectivity index (χ3n) is 12.8. The molecule has 18 atom stereocenters. The average molecular weight is 866 g/mol. The molecule has 61 heavy (non-hydrogen) atoms. The first kappa shape index (κ1) is 52.2. The number of hydrogen-bond acceptors (Lipinski definition) is 14. The zero-order valence-electron chi connectivity index (χ0n) is 38.2. The standard InChI is InChI=1S/C46H75NO14/c1-13-16-34-28(7)37(58-38-22-33(48)43(31(10)57-38)60-45(47)53)23-46(54,61-34)30(9)41(51)29(8)42-35(55-11)18-15-17-24(3)19-26(5)39(49)32(14-2)40(50)27(6)20-25(4)21-36(56-12)44(52)59-42/h13,15-18,20-21,26-35,37-43,48-51,54H,14,19,22-23H2,1-12H3,(H2,47,53)/b16-13+,18-15+,24-17+,25-20+,36-21-/t26-,27-,28+,29-,30+,31+,32+,33+,34+,35+,37+,38-,39+,40-,41+,42-,43+,46-/m0/s1. The Morgan fingerprint density at radius 1 is 1.10 bits per heavy atom. The van der Waals surface area contributed by atoms with Crippen molar-refractivity contribution in [2.75, 3.05) is 14.2 Å². The van der Waals surface area contributed by atoms with Gasteiger partial charge in [0.05, 0.1) is 49.8 Å². The smallest absolute Gasteiger partial charge is 0.404 e. The third kappa shape index (κ3) is 13.7. The van der Waals surface area contributed by atoms with Crippen LogP contribution >= 0.6 is 0 Å². The first-order valence-electron chi connectivity index (χ1n) is 21.7. The van der Waals surface area contributed by atoms with E-state index in [1.807, 2.05) is 53.7 Å². The van der Waals surface area contributed by atoms with Crippen LogP contribution in [0.2, 0.25) is 0 Å². The van der Waals surface area contributed by atoms with Crippen LogP contribution in [0.1, 0.15) is 94.9 Å². The highest BCUT2D eigenvalue weighted by molar-refractivity contribution is 5.87. The van der Waals surface area contributed by atoms with Gasteiger partial charge >= 0.3 is 12.1 Å². The van der Waals surface area contributed by atoms with Crippen LogP contribution in [-0.2, 0) is 38.0 Å². The molecule has 3 heterocycles. The number of methoxy groups -OCH3 is 2. The van der Waals surface area contributed by atoms with Crippen molar-refractivity contribution in [1.29, 1.82) is 0 Å². The molecule has 15 heteroatoms. The lowest BCUT2D eigenvalue weighted by Gasteiger charge is -2.49. The van der Waals surface area contributed by atoms with Crippen molar-refractivity contribution in [3.05, 3.63) is 59.4 Å². The summed E-state index contributed by atoms with van der Waals surface area (Å²) in [4.78, 5) is 25.4. The molecular weight excluding hydrogens is 790 g/mol. The second kappa shape index (κ2) is 23.5. The zero-order valence-corrected chi connectivity index (χ0v) is 38.2. The number of carbonyl (C=O) groups is 2. The van der Waals surface area contributed by atoms with Crippen molar-refractivity contribution in [1.82, 2.24) is 0 Å². The van der Waals surface area contributed by atoms with Gasteiger partial charge in [0.15, 0.2) is 18.2 Å². The minimum absolute atomic E-state index is 0.0313. The molecule has 0 spiro atoms. The molecule has 0 unspecified atom stereocenters. The van der Waals surface area contributed by atoms with Gasteiger partial charge in [0, 0.05) is 49.5 Å². The van der Waals surface area contributed by atoms with Gasteiger partial charge in [-0.05, 0) is 52.5 Å². The number of aliphatic hydroxyl groups is 5. The number of amides is 1. The average Bonchev–Trinajstić information content (AvgIpc) is 3.19. The third-order valence-corrected chi connectivity index (χ3v) is 12.8. The Balaban J connectivity index is 2.00. The van der Waals surface area contributed by atoms with Crippen molar-refractivity contribution in [2.45, 2.75) is 168 Å². The van der Waals surface area contributed by atoms with E-state index in [9.17, 15) is 35.1 Å². The lowest BCUT2D eigenvalue weighted by molar-refractivity contribution is -0.338. The topological polar surface area (TPSA) is 226 Å². The van der Waals surface area contributed by atoms with Crippen molar-refractivity contribution in [3.63, 3.8) is 0 Å². The van der Waals surface area contributed by atoms with Crippen molar-refractivity contribution >= 4 is 12.1 Å². The summed E-state index contributed by atoms with van der Waals surface area (Å²) in [5.74, 6) is -6.00. The number of allylic oxidation sites excluding steroid dienone is 6. The fourth-order valence-corrected chi connectivity index (χ4v) is 8.94. The van der Waals surface area contributed by atoms with Gasteiger partial charge in [-0.1, -0.05) is 89.1 Å². The van der Waals surface area contributed by atoms with E-state index in [0.29, 0.717) is 18.4 Å². The Morgan fingerprint density at radius 3 is 2.34 bits per heavy atom. The summed E-state index contributed by atoms with van der Waals surface area (Å²) in [6.45, 7) is 18.2. The summed E-state index contributed by atoms with van der Waals surface area (Å²) in [5, 5.41) is 58.0. The molecule has 2 fully saturated rings. The van der Waals surface area contributed by atoms with Gasteiger partial charge < -0.3 is 64.4 Å². The fraction of sp³-hybridized carbons (Fsp3) is 0.739. The summed E-state index contributed by atoms with van der Waals surface area (Å²) in [7, 11) is 2.81. The maximum Gasteiger partial charge on any atom is 0.404 e. The molecule has 0 aromatic heterocycles. The van der Waals surface area contributed by atoms with Crippen molar-refractivity contribution in [3.8, 4) is 0 Å². The monoisotopic (exact) mass is 866 g/mol. The van der Waals surface area contributed by atoms with Crippen molar-refractivity contribution in [2.24, 2.45) is 41.2 Å². The molecule has 348 valence electrons. The zero-order chi connectivity index (χ0) is 45.9. The summed E-state index contributed by atoms with van der Waals surface area (Å²) in [5.41, 5.74) is 6.78. The SMILES string of the molecule is C/C=C/[C@H]1O[C@](O)([C@H](C)[C@H](O)[C@H](C)[C@@H]2OC(=O)/C(OC)=C/C(C)=C/[C@H](C)[C@H](O)[C@H](CC)[C@H](O)[C@@H](C)C/C(C)=C/C=C/[C@H]2OC)C[C@@H](O[C@H]2C[C@@H](O)[C@H](OC(N)=O)[C@@H](C)O2)[C@@H]1C. The van der Waals surface area contributed by atoms with Gasteiger partial charge in [0.2, 0.25) is 5.76 Å². The molecule has 0 bridgehead atoms. The van der Waals surface area contributed by atoms with Crippen LogP contribution in [-0.4, -0.2) is 125 Å². The number of rotatable bonds is 11. The molecule has 1 amide bonds. The van der Waals surface area contributed by atoms with E-state index in [4.69, 9.17) is 38.9 Å². The quantitative estimate of drug-likeness (QED) is 0.119. The molecule has 3 aliphatic rings. The predicted octanol–water partition coefficient (Wildman–Crippen LogP) is 4.98. The normalized spacial score (nSPS) is 42.2. The number of ether oxygens (including phenoxy) is 7. The Morgan fingerprint density at radius 2 is 1.77 bits per heavy atom. The number of nitrogens with two attached hydrogens (primary N) is 1. The molecule has 0 saturated carbocycles. The molecule has 0 aromatic carbocycles. The largest absolute Gasteiger partial charge is 0.490 e. The maximum absolute atomic E-state index is 13.9. The highest BCUT2D eigenvalue weighted by atomic mass is 16.7. The molecule has 15 nitrogen and oxygen atoms in total. The van der Waals surface area contributed by atoms with Crippen LogP contribution in [0, 0.1) is 35.5 Å². The Bertz CT molecular complexity index is 1570. The van der Waals surface area contributed by atoms with Gasteiger partial charge in [0.1, 0.15) is 12.2 Å². The first-order valence-corrected chi connectivity index (χ1v) is 21.7. The number of esters is 1. The highest BCUT2D eigenvalue weighted by Gasteiger charge is 2.52. The highest BCUT2D eigenvalue weighted by Crippen LogP contribution is 2.42. The van der Waals surface area contributed by atoms with Crippen LogP contribution in [0.15, 0.2) is 59.4 Å². The lowest BCUT2D eigenvalue weighted by atomic mass is 9.77. The summed E-state index contributed by atoms with van der Waals surface area (Å²) >= 11 is 0. The lowest BCUT2D eigenvalue weighted by Crippen LogP contribution is -2.59. The number of aliphatic hydroxyl groups excluding tert-OH is 4. The Kier molecular flexibility index (Phi) is 20.1. The number of cyclic esters (lactones) is 1. The van der Waals surface area contributed by atoms with Gasteiger partial charge in [-0.25, -0.2) is 9.59 Å². The van der Waals surface area contributed by atoms with E-state index in [0.717, 1.165) is 5.57 Å². The Hall–Kier alpha value is -3.12. The van der Waals surface area contributed by atoms with Crippen LogP contribution in [0.25, 0.3) is 0 Å². The molecular formula is C46H75NO14. The summed E-state index contributed by atoms with van der Waals surface area (Å²) in [6.07, 6.45) is 2.20. The van der Waals surface area contributed by atoms with Crippen LogP contribution in [0.5, 0.6) is 0 Å². The van der Waals surface area contributed by atoms with E-state index in [1.165, 1.54) is 20.3 Å². The molecule has 7 N–H and O–H groups in total. The second-order valence-corrected chi connectivity index (χ2v) is 17.5. The Labute approximate surface area is 362 Å². The summed E-state index contributed by atoms with van der Waals surface area (Å²) in [6, 6.07) is 0. The molecule has 0 radical (unpaired) electrons. The number of carbonyl (C=O) groups excluding carboxylic acids is 2. The minimum Gasteiger partial charge on any atom is -0.490 e. The van der Waals surface area contributed by atoms with Gasteiger partial charge in [-0.3, -0.25) is 0 Å². The maximum atomic E-state index is 13.9. The molecule has 2 saturated heterocycles. The van der Waals surface area contributed by atoms with Gasteiger partial charge in [-0.15, -0.1) is 0 Å². The first-order chi connectivity index (χ1) is 28.6. The minimum atomic E-state index is -1.97. The van der Waals surface area contributed by atoms with Crippen LogP contribution in [0.3, 0.4) is 0 Å². The van der Waals surface area contributed by atoms with Crippen molar-refractivity contribution < 1.29 is 68.3 Å². The second-order valence-electron chi connectivity index (χ2n) is 17.5. The number of primary amides is 1. The van der Waals surface area contributed by atoms with Crippen LogP contribution in [0.4, 0.5) is 4.79 Å². The van der Waals surface area contributed by atoms with E-state index in [1.54, 1.807) is 52.0 Å². The van der Waals surface area contributed by atoms with E-state index in [-0.39, 0.29) is 42.3 Å². The van der Waals surface area contributed by atoms with E-state index < -0.39 is 97.0 Å². The predicted molar refractivity (Wildman–Crippen MR) is 228 cm³/mol. The van der Waals surface area contributed by atoms with Gasteiger partial charge in [0.25, 0.3) is 0 Å².